The SMILES string of the molecule is O=C(O)CNc1n[nH]c2nc(Nc3cccc4c3CCC4)c(F)cc12. The van der Waals surface area contributed by atoms with Crippen LogP contribution in [0.2, 0.25) is 0 Å². The second-order valence-corrected chi connectivity index (χ2v) is 5.96. The fourth-order valence-corrected chi connectivity index (χ4v) is 3.17. The van der Waals surface area contributed by atoms with E-state index in [9.17, 15) is 9.18 Å². The van der Waals surface area contributed by atoms with Gasteiger partial charge in [0.05, 0.1) is 5.39 Å². The molecule has 0 unspecified atom stereocenters. The second-order valence-electron chi connectivity index (χ2n) is 5.96. The van der Waals surface area contributed by atoms with Gasteiger partial charge in [-0.3, -0.25) is 9.89 Å². The van der Waals surface area contributed by atoms with Crippen LogP contribution in [0.15, 0.2) is 24.3 Å². The molecule has 1 aliphatic rings. The van der Waals surface area contributed by atoms with Crippen molar-refractivity contribution in [3.8, 4) is 0 Å². The molecule has 4 N–H and O–H groups in total. The predicted octanol–water partition coefficient (Wildman–Crippen LogP) is 2.83. The molecule has 0 saturated heterocycles. The van der Waals surface area contributed by atoms with E-state index in [1.807, 2.05) is 12.1 Å². The molecule has 3 aromatic rings. The summed E-state index contributed by atoms with van der Waals surface area (Å²) in [5, 5.41) is 21.5. The number of benzene rings is 1. The Morgan fingerprint density at radius 1 is 1.32 bits per heavy atom. The van der Waals surface area contributed by atoms with Gasteiger partial charge in [-0.15, -0.1) is 0 Å². The lowest BCUT2D eigenvalue weighted by molar-refractivity contribution is -0.134. The third kappa shape index (κ3) is 2.86. The van der Waals surface area contributed by atoms with E-state index in [4.69, 9.17) is 5.11 Å². The number of aromatic nitrogens is 3. The van der Waals surface area contributed by atoms with Gasteiger partial charge in [-0.05, 0) is 42.5 Å². The van der Waals surface area contributed by atoms with Crippen molar-refractivity contribution in [2.45, 2.75) is 19.3 Å². The number of aryl methyl sites for hydroxylation is 1. The van der Waals surface area contributed by atoms with Crippen LogP contribution in [0.3, 0.4) is 0 Å². The first-order valence-corrected chi connectivity index (χ1v) is 8.00. The molecule has 4 rings (SSSR count). The maximum absolute atomic E-state index is 14.5. The van der Waals surface area contributed by atoms with E-state index < -0.39 is 11.8 Å². The summed E-state index contributed by atoms with van der Waals surface area (Å²) in [4.78, 5) is 14.9. The monoisotopic (exact) mass is 341 g/mol. The molecule has 0 bridgehead atoms. The smallest absolute Gasteiger partial charge is 0.322 e. The van der Waals surface area contributed by atoms with E-state index in [-0.39, 0.29) is 18.2 Å². The number of H-pyrrole nitrogens is 1. The third-order valence-corrected chi connectivity index (χ3v) is 4.31. The molecular formula is C17H16FN5O2. The van der Waals surface area contributed by atoms with Crippen LogP contribution in [0.1, 0.15) is 17.5 Å². The van der Waals surface area contributed by atoms with Crippen LogP contribution in [0, 0.1) is 5.82 Å². The van der Waals surface area contributed by atoms with Crippen molar-refractivity contribution in [1.29, 1.82) is 0 Å². The van der Waals surface area contributed by atoms with Crippen LogP contribution < -0.4 is 10.6 Å². The Balaban J connectivity index is 1.66. The van der Waals surface area contributed by atoms with Crippen molar-refractivity contribution in [1.82, 2.24) is 15.2 Å². The number of aromatic amines is 1. The molecule has 0 radical (unpaired) electrons. The first-order chi connectivity index (χ1) is 12.1. The minimum atomic E-state index is -1.03. The number of carboxylic acid groups (broad SMARTS) is 1. The average Bonchev–Trinajstić information content (AvgIpc) is 3.20. The molecule has 0 aliphatic heterocycles. The predicted molar refractivity (Wildman–Crippen MR) is 91.7 cm³/mol. The van der Waals surface area contributed by atoms with E-state index in [1.54, 1.807) is 0 Å². The number of fused-ring (bicyclic) bond motifs is 2. The van der Waals surface area contributed by atoms with Crippen LogP contribution in [0.25, 0.3) is 11.0 Å². The van der Waals surface area contributed by atoms with E-state index in [0.717, 1.165) is 24.9 Å². The molecular weight excluding hydrogens is 325 g/mol. The zero-order valence-corrected chi connectivity index (χ0v) is 13.3. The van der Waals surface area contributed by atoms with Crippen LogP contribution in [-0.4, -0.2) is 32.8 Å². The van der Waals surface area contributed by atoms with E-state index >= 15 is 0 Å². The number of anilines is 3. The van der Waals surface area contributed by atoms with Gasteiger partial charge in [-0.1, -0.05) is 12.1 Å². The quantitative estimate of drug-likeness (QED) is 0.569. The summed E-state index contributed by atoms with van der Waals surface area (Å²) in [6, 6.07) is 7.26. The summed E-state index contributed by atoms with van der Waals surface area (Å²) in [5.41, 5.74) is 3.74. The average molecular weight is 341 g/mol. The Labute approximate surface area is 142 Å². The van der Waals surface area contributed by atoms with Crippen LogP contribution in [0.4, 0.5) is 21.7 Å². The zero-order chi connectivity index (χ0) is 17.4. The molecule has 7 nitrogen and oxygen atoms in total. The van der Waals surface area contributed by atoms with Crippen LogP contribution in [0.5, 0.6) is 0 Å². The fourth-order valence-electron chi connectivity index (χ4n) is 3.17. The minimum absolute atomic E-state index is 0.112. The van der Waals surface area contributed by atoms with E-state index in [2.05, 4.69) is 31.9 Å². The van der Waals surface area contributed by atoms with Gasteiger partial charge >= 0.3 is 5.97 Å². The van der Waals surface area contributed by atoms with Gasteiger partial charge in [-0.25, -0.2) is 9.37 Å². The molecule has 2 aromatic heterocycles. The van der Waals surface area contributed by atoms with Crippen LogP contribution in [-0.2, 0) is 17.6 Å². The summed E-state index contributed by atoms with van der Waals surface area (Å²) >= 11 is 0. The molecule has 0 atom stereocenters. The maximum Gasteiger partial charge on any atom is 0.322 e. The van der Waals surface area contributed by atoms with E-state index in [1.165, 1.54) is 17.2 Å². The highest BCUT2D eigenvalue weighted by atomic mass is 19.1. The molecule has 128 valence electrons. The van der Waals surface area contributed by atoms with Crippen molar-refractivity contribution < 1.29 is 14.3 Å². The number of pyridine rings is 1. The molecule has 0 saturated carbocycles. The number of rotatable bonds is 5. The van der Waals surface area contributed by atoms with Gasteiger partial charge in [-0.2, -0.15) is 5.10 Å². The highest BCUT2D eigenvalue weighted by molar-refractivity contribution is 5.90. The second kappa shape index (κ2) is 6.04. The zero-order valence-electron chi connectivity index (χ0n) is 13.3. The van der Waals surface area contributed by atoms with Gasteiger partial charge < -0.3 is 15.7 Å². The van der Waals surface area contributed by atoms with Gasteiger partial charge in [0.1, 0.15) is 6.54 Å². The number of hydrogen-bond acceptors (Lipinski definition) is 5. The molecule has 0 spiro atoms. The molecule has 0 fully saturated rings. The fraction of sp³-hybridized carbons (Fsp3) is 0.235. The van der Waals surface area contributed by atoms with Crippen molar-refractivity contribution in [2.75, 3.05) is 17.2 Å². The molecule has 0 amide bonds. The Morgan fingerprint density at radius 3 is 3.04 bits per heavy atom. The Bertz CT molecular complexity index is 969. The standard InChI is InChI=1S/C17H16FN5O2/c18-12-7-11-15(19-8-14(24)25)22-23-16(11)21-17(12)20-13-6-2-4-9-3-1-5-10(9)13/h2,4,6-7H,1,3,5,8H2,(H,24,25)(H3,19,20,21,22,23). The van der Waals surface area contributed by atoms with Crippen LogP contribution >= 0.6 is 0 Å². The summed E-state index contributed by atoms with van der Waals surface area (Å²) in [6.45, 7) is -0.308. The molecule has 2 heterocycles. The first kappa shape index (κ1) is 15.4. The van der Waals surface area contributed by atoms with Gasteiger partial charge in [0.15, 0.2) is 23.1 Å². The molecule has 1 aromatic carbocycles. The summed E-state index contributed by atoms with van der Waals surface area (Å²) in [6.07, 6.45) is 3.11. The highest BCUT2D eigenvalue weighted by Gasteiger charge is 2.17. The van der Waals surface area contributed by atoms with Gasteiger partial charge in [0.2, 0.25) is 0 Å². The lowest BCUT2D eigenvalue weighted by Gasteiger charge is -2.11. The Morgan fingerprint density at radius 2 is 2.20 bits per heavy atom. The normalized spacial score (nSPS) is 13.0. The van der Waals surface area contributed by atoms with Gasteiger partial charge in [0, 0.05) is 5.69 Å². The number of nitrogens with zero attached hydrogens (tertiary/aromatic N) is 2. The first-order valence-electron chi connectivity index (χ1n) is 8.00. The van der Waals surface area contributed by atoms with Crippen molar-refractivity contribution in [2.24, 2.45) is 0 Å². The number of nitrogens with one attached hydrogen (secondary N) is 3. The molecule has 25 heavy (non-hydrogen) atoms. The Kier molecular flexibility index (Phi) is 3.72. The highest BCUT2D eigenvalue weighted by Crippen LogP contribution is 2.32. The topological polar surface area (TPSA) is 103 Å². The number of aliphatic carboxylic acids is 1. The Hall–Kier alpha value is -3.16. The lowest BCUT2D eigenvalue weighted by Crippen LogP contribution is -2.12. The van der Waals surface area contributed by atoms with Gasteiger partial charge in [0.25, 0.3) is 0 Å². The van der Waals surface area contributed by atoms with E-state index in [0.29, 0.717) is 11.0 Å². The molecule has 1 aliphatic carbocycles. The minimum Gasteiger partial charge on any atom is -0.480 e. The largest absolute Gasteiger partial charge is 0.480 e. The summed E-state index contributed by atoms with van der Waals surface area (Å²) in [7, 11) is 0. The van der Waals surface area contributed by atoms with Crippen molar-refractivity contribution >= 4 is 34.3 Å². The third-order valence-electron chi connectivity index (χ3n) is 4.31. The number of hydrogen-bond donors (Lipinski definition) is 4. The van der Waals surface area contributed by atoms with Crippen molar-refractivity contribution in [3.63, 3.8) is 0 Å². The number of carbonyl (C=O) groups is 1. The number of carboxylic acids is 1. The summed E-state index contributed by atoms with van der Waals surface area (Å²) in [5.74, 6) is -1.18. The summed E-state index contributed by atoms with van der Waals surface area (Å²) < 4.78 is 14.5. The molecule has 8 heteroatoms. The van der Waals surface area contributed by atoms with Crippen molar-refractivity contribution in [3.05, 3.63) is 41.2 Å². The maximum atomic E-state index is 14.5. The lowest BCUT2D eigenvalue weighted by atomic mass is 10.1. The number of halogens is 1.